The summed E-state index contributed by atoms with van der Waals surface area (Å²) in [5, 5.41) is 17.5. The number of thiophene rings is 3. The highest BCUT2D eigenvalue weighted by Crippen LogP contribution is 2.28. The number of likely N-dealkylation sites (N-methyl/N-ethyl adjacent to an activating group) is 1. The second-order valence-electron chi connectivity index (χ2n) is 8.79. The first kappa shape index (κ1) is 25.6. The Hall–Kier alpha value is -1.03. The second-order valence-corrected chi connectivity index (χ2v) is 11.9. The Bertz CT molecular complexity index is 907. The van der Waals surface area contributed by atoms with E-state index in [1.165, 1.54) is 4.88 Å². The summed E-state index contributed by atoms with van der Waals surface area (Å²) in [4.78, 5) is 16.6. The molecule has 8 heteroatoms. The van der Waals surface area contributed by atoms with Crippen LogP contribution in [0.25, 0.3) is 0 Å². The molecule has 0 bridgehead atoms. The first-order chi connectivity index (χ1) is 14.9. The summed E-state index contributed by atoms with van der Waals surface area (Å²) in [6.45, 7) is 2.92. The van der Waals surface area contributed by atoms with E-state index >= 15 is 0 Å². The van der Waals surface area contributed by atoms with Gasteiger partial charge in [-0.25, -0.2) is 4.79 Å². The zero-order valence-corrected chi connectivity index (χ0v) is 22.3. The van der Waals surface area contributed by atoms with E-state index in [2.05, 4.69) is 24.6 Å². The number of halogens is 1. The SMILES string of the molecule is C[N+]1(CCCc2cccs2)CCC(OC(=O)C(O)(Cc2cccs2)Cc2cccs2)C1.[Br-]. The van der Waals surface area contributed by atoms with Crippen LogP contribution in [-0.2, 0) is 28.8 Å². The van der Waals surface area contributed by atoms with Crippen molar-refractivity contribution in [3.8, 4) is 0 Å². The van der Waals surface area contributed by atoms with Crippen molar-refractivity contribution in [3.05, 3.63) is 67.2 Å². The Balaban J connectivity index is 0.00000289. The lowest BCUT2D eigenvalue weighted by molar-refractivity contribution is -0.899. The van der Waals surface area contributed by atoms with E-state index in [9.17, 15) is 9.90 Å². The first-order valence-electron chi connectivity index (χ1n) is 10.8. The van der Waals surface area contributed by atoms with Crippen molar-refractivity contribution in [1.29, 1.82) is 0 Å². The number of quaternary nitrogens is 1. The molecule has 1 N–H and O–H groups in total. The molecule has 0 amide bonds. The van der Waals surface area contributed by atoms with Gasteiger partial charge in [-0.1, -0.05) is 18.2 Å². The average molecular weight is 557 g/mol. The van der Waals surface area contributed by atoms with Crippen LogP contribution < -0.4 is 17.0 Å². The molecule has 174 valence electrons. The van der Waals surface area contributed by atoms with Crippen LogP contribution >= 0.6 is 34.0 Å². The van der Waals surface area contributed by atoms with Crippen LogP contribution in [0.3, 0.4) is 0 Å². The number of carbonyl (C=O) groups is 1. The Kier molecular flexibility index (Phi) is 9.12. The molecule has 1 aliphatic rings. The molecule has 0 spiro atoms. The summed E-state index contributed by atoms with van der Waals surface area (Å²) >= 11 is 4.94. The summed E-state index contributed by atoms with van der Waals surface area (Å²) in [6.07, 6.45) is 3.56. The van der Waals surface area contributed by atoms with E-state index in [0.29, 0.717) is 12.8 Å². The molecule has 4 heterocycles. The lowest BCUT2D eigenvalue weighted by atomic mass is 9.93. The summed E-state index contributed by atoms with van der Waals surface area (Å²) < 4.78 is 6.86. The number of hydrogen-bond donors (Lipinski definition) is 1. The van der Waals surface area contributed by atoms with Crippen molar-refractivity contribution in [2.75, 3.05) is 26.7 Å². The van der Waals surface area contributed by atoms with E-state index in [4.69, 9.17) is 4.74 Å². The zero-order valence-electron chi connectivity index (χ0n) is 18.2. The van der Waals surface area contributed by atoms with E-state index in [1.807, 2.05) is 46.4 Å². The lowest BCUT2D eigenvalue weighted by Crippen LogP contribution is -3.00. The standard InChI is InChI=1S/C24H30NO3S3.BrH/c1-25(11-2-6-20-7-3-13-29-20)12-10-19(18-25)28-23(26)24(27,16-21-8-4-14-30-21)17-22-9-5-15-31-22;/h3-5,7-9,13-15,19,27H,2,6,10-12,16-18H2,1H3;1H/q+1;/p-1. The molecule has 1 aliphatic heterocycles. The molecule has 3 aromatic rings. The number of ether oxygens (including phenoxy) is 1. The molecular formula is C24H30BrNO3S3. The molecule has 0 saturated carbocycles. The van der Waals surface area contributed by atoms with Crippen molar-refractivity contribution in [2.24, 2.45) is 0 Å². The smallest absolute Gasteiger partial charge is 0.339 e. The van der Waals surface area contributed by atoms with Crippen LogP contribution in [0.15, 0.2) is 52.5 Å². The Labute approximate surface area is 212 Å². The van der Waals surface area contributed by atoms with Gasteiger partial charge in [0.05, 0.1) is 20.1 Å². The van der Waals surface area contributed by atoms with Crippen molar-refractivity contribution in [1.82, 2.24) is 0 Å². The average Bonchev–Trinajstić information content (AvgIpc) is 3.51. The molecule has 3 aromatic heterocycles. The zero-order chi connectivity index (χ0) is 21.7. The van der Waals surface area contributed by atoms with Crippen LogP contribution in [0.2, 0.25) is 0 Å². The molecule has 4 nitrogen and oxygen atoms in total. The molecule has 0 aliphatic carbocycles. The fourth-order valence-corrected chi connectivity index (χ4v) is 6.76. The van der Waals surface area contributed by atoms with Gasteiger partial charge in [0.15, 0.2) is 11.7 Å². The van der Waals surface area contributed by atoms with Gasteiger partial charge in [-0.3, -0.25) is 0 Å². The maximum absolute atomic E-state index is 13.2. The summed E-state index contributed by atoms with van der Waals surface area (Å²) in [5.74, 6) is -0.480. The van der Waals surface area contributed by atoms with Gasteiger partial charge >= 0.3 is 5.97 Å². The predicted molar refractivity (Wildman–Crippen MR) is 129 cm³/mol. The number of carbonyl (C=O) groups excluding carboxylic acids is 1. The second kappa shape index (κ2) is 11.4. The van der Waals surface area contributed by atoms with Crippen LogP contribution in [0, 0.1) is 0 Å². The van der Waals surface area contributed by atoms with Gasteiger partial charge in [0.2, 0.25) is 0 Å². The summed E-state index contributed by atoms with van der Waals surface area (Å²) in [7, 11) is 2.26. The van der Waals surface area contributed by atoms with Crippen molar-refractivity contribution >= 4 is 40.0 Å². The molecule has 1 saturated heterocycles. The van der Waals surface area contributed by atoms with Crippen molar-refractivity contribution < 1.29 is 36.1 Å². The minimum absolute atomic E-state index is 0. The van der Waals surface area contributed by atoms with E-state index < -0.39 is 11.6 Å². The molecule has 4 rings (SSSR count). The molecule has 0 radical (unpaired) electrons. The molecule has 0 aromatic carbocycles. The monoisotopic (exact) mass is 555 g/mol. The third-order valence-electron chi connectivity index (χ3n) is 6.08. The van der Waals surface area contributed by atoms with E-state index in [0.717, 1.165) is 53.1 Å². The minimum Gasteiger partial charge on any atom is -1.00 e. The summed E-state index contributed by atoms with van der Waals surface area (Å²) in [6, 6.07) is 12.1. The van der Waals surface area contributed by atoms with Crippen LogP contribution in [0.4, 0.5) is 0 Å². The number of aryl methyl sites for hydroxylation is 1. The number of aliphatic hydroxyl groups is 1. The molecule has 2 atom stereocenters. The molecule has 32 heavy (non-hydrogen) atoms. The Morgan fingerprint density at radius 1 is 1.06 bits per heavy atom. The third kappa shape index (κ3) is 6.74. The normalized spacial score (nSPS) is 20.8. The number of esters is 1. The van der Waals surface area contributed by atoms with Gasteiger partial charge in [0, 0.05) is 40.3 Å². The van der Waals surface area contributed by atoms with Crippen LogP contribution in [0.1, 0.15) is 27.5 Å². The maximum atomic E-state index is 13.2. The van der Waals surface area contributed by atoms with Gasteiger partial charge in [-0.2, -0.15) is 0 Å². The van der Waals surface area contributed by atoms with E-state index in [-0.39, 0.29) is 23.1 Å². The number of likely N-dealkylation sites (tertiary alicyclic amines) is 1. The fourth-order valence-electron chi connectivity index (χ4n) is 4.39. The van der Waals surface area contributed by atoms with Gasteiger partial charge in [-0.15, -0.1) is 34.0 Å². The molecule has 2 unspecified atom stereocenters. The van der Waals surface area contributed by atoms with Gasteiger partial charge in [-0.05, 0) is 40.8 Å². The minimum atomic E-state index is -1.53. The lowest BCUT2D eigenvalue weighted by Gasteiger charge is -2.30. The first-order valence-corrected chi connectivity index (χ1v) is 13.4. The number of hydrogen-bond acceptors (Lipinski definition) is 6. The Morgan fingerprint density at radius 3 is 2.16 bits per heavy atom. The highest BCUT2D eigenvalue weighted by atomic mass is 79.9. The highest BCUT2D eigenvalue weighted by Gasteiger charge is 2.43. The van der Waals surface area contributed by atoms with Crippen LogP contribution in [-0.4, -0.2) is 53.9 Å². The fraction of sp³-hybridized carbons (Fsp3) is 0.458. The van der Waals surface area contributed by atoms with Gasteiger partial charge in [0.1, 0.15) is 6.54 Å². The maximum Gasteiger partial charge on any atom is 0.339 e. The van der Waals surface area contributed by atoms with Crippen molar-refractivity contribution in [3.63, 3.8) is 0 Å². The largest absolute Gasteiger partial charge is 1.00 e. The number of nitrogens with zero attached hydrogens (tertiary/aromatic N) is 1. The Morgan fingerprint density at radius 2 is 1.62 bits per heavy atom. The molecule has 1 fully saturated rings. The van der Waals surface area contributed by atoms with Crippen LogP contribution in [0.5, 0.6) is 0 Å². The van der Waals surface area contributed by atoms with Crippen molar-refractivity contribution in [2.45, 2.75) is 43.8 Å². The third-order valence-corrected chi connectivity index (χ3v) is 8.77. The highest BCUT2D eigenvalue weighted by molar-refractivity contribution is 7.10. The number of rotatable bonds is 10. The topological polar surface area (TPSA) is 46.5 Å². The van der Waals surface area contributed by atoms with Gasteiger partial charge in [0.25, 0.3) is 0 Å². The van der Waals surface area contributed by atoms with Gasteiger partial charge < -0.3 is 31.3 Å². The molecular weight excluding hydrogens is 526 g/mol. The predicted octanol–water partition coefficient (Wildman–Crippen LogP) is 1.79. The summed E-state index contributed by atoms with van der Waals surface area (Å²) in [5.41, 5.74) is -1.53. The quantitative estimate of drug-likeness (QED) is 0.306. The van der Waals surface area contributed by atoms with E-state index in [1.54, 1.807) is 22.7 Å².